The molecule has 2 aromatic rings. The second-order valence-electron chi connectivity index (χ2n) is 9.05. The third-order valence-corrected chi connectivity index (χ3v) is 5.74. The SMILES string of the molecule is COc1ccc(C(NC(=O)C(C)NC(=O)c2ccccc2C(F)(F)F)C(=O)NC(C(=O)C(F)(F)F)C(C)C)cc1. The standard InChI is InChI=1S/C26H27F6N3O5/c1-13(2)19(21(36)26(30,31)32)34-24(39)20(15-9-11-16(40-4)12-10-15)35-22(37)14(3)33-23(38)17-7-5-6-8-18(17)25(27,28)29/h5-14,19-20H,1-4H3,(H,33,38)(H,34,39)(H,35,37). The van der Waals surface area contributed by atoms with Gasteiger partial charge in [-0.15, -0.1) is 0 Å². The molecule has 0 aromatic heterocycles. The summed E-state index contributed by atoms with van der Waals surface area (Å²) in [6, 6.07) is 4.27. The Hall–Kier alpha value is -4.10. The summed E-state index contributed by atoms with van der Waals surface area (Å²) in [5.74, 6) is -6.26. The molecule has 0 aliphatic heterocycles. The van der Waals surface area contributed by atoms with Gasteiger partial charge in [-0.05, 0) is 42.7 Å². The molecule has 40 heavy (non-hydrogen) atoms. The lowest BCUT2D eigenvalue weighted by atomic mass is 9.97. The maximum atomic E-state index is 13.3. The van der Waals surface area contributed by atoms with Gasteiger partial charge in [0, 0.05) is 0 Å². The fourth-order valence-electron chi connectivity index (χ4n) is 3.58. The highest BCUT2D eigenvalue weighted by molar-refractivity contribution is 6.00. The zero-order chi connectivity index (χ0) is 30.4. The predicted octanol–water partition coefficient (Wildman–Crippen LogP) is 3.96. The Morgan fingerprint density at radius 3 is 1.85 bits per heavy atom. The molecule has 0 radical (unpaired) electrons. The summed E-state index contributed by atoms with van der Waals surface area (Å²) in [5.41, 5.74) is -1.90. The van der Waals surface area contributed by atoms with Crippen LogP contribution in [0.2, 0.25) is 0 Å². The van der Waals surface area contributed by atoms with E-state index >= 15 is 0 Å². The first kappa shape index (κ1) is 32.1. The molecule has 3 unspecified atom stereocenters. The molecule has 8 nitrogen and oxygen atoms in total. The van der Waals surface area contributed by atoms with E-state index in [-0.39, 0.29) is 5.56 Å². The first-order valence-electron chi connectivity index (χ1n) is 11.8. The molecular weight excluding hydrogens is 548 g/mol. The number of Topliss-reactive ketones (excluding diaryl/α,β-unsaturated/α-hetero) is 1. The van der Waals surface area contributed by atoms with Crippen LogP contribution >= 0.6 is 0 Å². The van der Waals surface area contributed by atoms with Crippen LogP contribution in [0.15, 0.2) is 48.5 Å². The minimum atomic E-state index is -5.24. The molecule has 14 heteroatoms. The zero-order valence-electron chi connectivity index (χ0n) is 21.7. The number of nitrogens with one attached hydrogen (secondary N) is 3. The van der Waals surface area contributed by atoms with Crippen molar-refractivity contribution in [3.63, 3.8) is 0 Å². The second-order valence-corrected chi connectivity index (χ2v) is 9.05. The Morgan fingerprint density at radius 2 is 1.35 bits per heavy atom. The normalized spacial score (nSPS) is 14.1. The van der Waals surface area contributed by atoms with Crippen molar-refractivity contribution in [2.75, 3.05) is 7.11 Å². The van der Waals surface area contributed by atoms with E-state index in [2.05, 4.69) is 10.6 Å². The Bertz CT molecular complexity index is 1230. The third kappa shape index (κ3) is 8.20. The zero-order valence-corrected chi connectivity index (χ0v) is 21.7. The number of hydrogen-bond donors (Lipinski definition) is 3. The van der Waals surface area contributed by atoms with Crippen LogP contribution in [0, 0.1) is 5.92 Å². The smallest absolute Gasteiger partial charge is 0.452 e. The van der Waals surface area contributed by atoms with Gasteiger partial charge in [0.1, 0.15) is 17.8 Å². The van der Waals surface area contributed by atoms with Crippen molar-refractivity contribution in [1.29, 1.82) is 0 Å². The fraction of sp³-hybridized carbons (Fsp3) is 0.385. The lowest BCUT2D eigenvalue weighted by Gasteiger charge is -2.26. The van der Waals surface area contributed by atoms with Crippen molar-refractivity contribution in [2.24, 2.45) is 5.92 Å². The number of ether oxygens (including phenoxy) is 1. The van der Waals surface area contributed by atoms with Gasteiger partial charge < -0.3 is 20.7 Å². The molecule has 3 atom stereocenters. The highest BCUT2D eigenvalue weighted by Gasteiger charge is 2.45. The number of alkyl halides is 6. The monoisotopic (exact) mass is 575 g/mol. The van der Waals surface area contributed by atoms with E-state index in [1.165, 1.54) is 51.3 Å². The molecule has 0 bridgehead atoms. The van der Waals surface area contributed by atoms with Gasteiger partial charge in [0.25, 0.3) is 11.7 Å². The van der Waals surface area contributed by atoms with Gasteiger partial charge in [-0.2, -0.15) is 26.3 Å². The second kappa shape index (κ2) is 12.8. The number of rotatable bonds is 10. The van der Waals surface area contributed by atoms with Crippen molar-refractivity contribution in [3.8, 4) is 5.75 Å². The van der Waals surface area contributed by atoms with Gasteiger partial charge in [-0.1, -0.05) is 38.1 Å². The molecule has 0 spiro atoms. The summed E-state index contributed by atoms with van der Waals surface area (Å²) >= 11 is 0. The lowest BCUT2D eigenvalue weighted by Crippen LogP contribution is -2.54. The van der Waals surface area contributed by atoms with Gasteiger partial charge in [0.15, 0.2) is 0 Å². The van der Waals surface area contributed by atoms with Crippen LogP contribution in [0.3, 0.4) is 0 Å². The van der Waals surface area contributed by atoms with Crippen LogP contribution in [0.1, 0.15) is 48.3 Å². The average Bonchev–Trinajstić information content (AvgIpc) is 2.88. The molecule has 0 saturated carbocycles. The van der Waals surface area contributed by atoms with Crippen molar-refractivity contribution in [2.45, 2.75) is 51.2 Å². The number of carbonyl (C=O) groups is 4. The van der Waals surface area contributed by atoms with Crippen LogP contribution in [0.4, 0.5) is 26.3 Å². The number of hydrogen-bond acceptors (Lipinski definition) is 5. The van der Waals surface area contributed by atoms with E-state index in [9.17, 15) is 45.5 Å². The lowest BCUT2D eigenvalue weighted by molar-refractivity contribution is -0.175. The largest absolute Gasteiger partial charge is 0.497 e. The highest BCUT2D eigenvalue weighted by Crippen LogP contribution is 2.32. The van der Waals surface area contributed by atoms with E-state index in [1.807, 2.05) is 5.32 Å². The molecule has 0 aliphatic carbocycles. The Morgan fingerprint density at radius 1 is 0.775 bits per heavy atom. The third-order valence-electron chi connectivity index (χ3n) is 5.74. The first-order valence-corrected chi connectivity index (χ1v) is 11.8. The number of benzene rings is 2. The number of methoxy groups -OCH3 is 1. The quantitative estimate of drug-likeness (QED) is 0.372. The van der Waals surface area contributed by atoms with E-state index in [0.717, 1.165) is 19.1 Å². The molecule has 2 rings (SSSR count). The van der Waals surface area contributed by atoms with Crippen LogP contribution in [0.25, 0.3) is 0 Å². The average molecular weight is 576 g/mol. The molecule has 0 fully saturated rings. The maximum Gasteiger partial charge on any atom is 0.452 e. The number of ketones is 1. The van der Waals surface area contributed by atoms with E-state index in [4.69, 9.17) is 4.74 Å². The summed E-state index contributed by atoms with van der Waals surface area (Å²) in [6.07, 6.45) is -10.1. The fourth-order valence-corrected chi connectivity index (χ4v) is 3.58. The predicted molar refractivity (Wildman–Crippen MR) is 130 cm³/mol. The summed E-state index contributed by atoms with van der Waals surface area (Å²) in [7, 11) is 1.36. The molecule has 2 aromatic carbocycles. The van der Waals surface area contributed by atoms with Crippen LogP contribution in [-0.2, 0) is 20.6 Å². The van der Waals surface area contributed by atoms with Gasteiger partial charge >= 0.3 is 12.4 Å². The number of amides is 3. The molecule has 3 N–H and O–H groups in total. The van der Waals surface area contributed by atoms with Crippen molar-refractivity contribution >= 4 is 23.5 Å². The van der Waals surface area contributed by atoms with E-state index < -0.39 is 71.0 Å². The number of carbonyl (C=O) groups excluding carboxylic acids is 4. The Balaban J connectivity index is 2.32. The Labute approximate surface area is 225 Å². The van der Waals surface area contributed by atoms with Crippen LogP contribution in [-0.4, -0.2) is 48.9 Å². The topological polar surface area (TPSA) is 114 Å². The molecule has 3 amide bonds. The van der Waals surface area contributed by atoms with Crippen molar-refractivity contribution < 1.29 is 50.3 Å². The Kier molecular flexibility index (Phi) is 10.3. The first-order chi connectivity index (χ1) is 18.5. The number of halogens is 6. The highest BCUT2D eigenvalue weighted by atomic mass is 19.4. The van der Waals surface area contributed by atoms with Crippen LogP contribution in [0.5, 0.6) is 5.75 Å². The summed E-state index contributed by atoms with van der Waals surface area (Å²) in [4.78, 5) is 50.5. The molecule has 0 saturated heterocycles. The van der Waals surface area contributed by atoms with Crippen molar-refractivity contribution in [1.82, 2.24) is 16.0 Å². The molecule has 218 valence electrons. The van der Waals surface area contributed by atoms with Gasteiger partial charge in [0.05, 0.1) is 24.3 Å². The minimum absolute atomic E-state index is 0.0783. The molecule has 0 aliphatic rings. The molecule has 0 heterocycles. The van der Waals surface area contributed by atoms with Crippen LogP contribution < -0.4 is 20.7 Å². The summed E-state index contributed by atoms with van der Waals surface area (Å²) < 4.78 is 84.2. The van der Waals surface area contributed by atoms with Gasteiger partial charge in [0.2, 0.25) is 11.8 Å². The summed E-state index contributed by atoms with van der Waals surface area (Å²) in [5, 5.41) is 6.40. The maximum absolute atomic E-state index is 13.3. The summed E-state index contributed by atoms with van der Waals surface area (Å²) in [6.45, 7) is 3.70. The van der Waals surface area contributed by atoms with E-state index in [0.29, 0.717) is 11.8 Å². The minimum Gasteiger partial charge on any atom is -0.497 e. The van der Waals surface area contributed by atoms with Gasteiger partial charge in [-0.3, -0.25) is 19.2 Å². The van der Waals surface area contributed by atoms with Crippen molar-refractivity contribution in [3.05, 3.63) is 65.2 Å². The van der Waals surface area contributed by atoms with Gasteiger partial charge in [-0.25, -0.2) is 0 Å². The van der Waals surface area contributed by atoms with E-state index in [1.54, 1.807) is 0 Å². The molecular formula is C26H27F6N3O5.